The van der Waals surface area contributed by atoms with Gasteiger partial charge in [-0.15, -0.1) is 0 Å². The average Bonchev–Trinajstić information content (AvgIpc) is 2.50. The lowest BCUT2D eigenvalue weighted by atomic mass is 10.1. The Morgan fingerprint density at radius 1 is 1.23 bits per heavy atom. The van der Waals surface area contributed by atoms with E-state index in [9.17, 15) is 18.0 Å². The molecule has 0 aliphatic rings. The molecule has 0 unspecified atom stereocenters. The second-order valence-corrected chi connectivity index (χ2v) is 6.75. The Morgan fingerprint density at radius 2 is 1.88 bits per heavy atom. The fraction of sp³-hybridized carbons (Fsp3) is 0.200. The van der Waals surface area contributed by atoms with Crippen LogP contribution in [0, 0.1) is 0 Å². The van der Waals surface area contributed by atoms with Gasteiger partial charge in [-0.3, -0.25) is 9.48 Å². The Labute approximate surface area is 165 Å². The molecule has 0 saturated carbocycles. The van der Waals surface area contributed by atoms with Crippen LogP contribution in [0.25, 0.3) is 11.3 Å². The molecule has 0 spiro atoms. The first-order chi connectivity index (χ1) is 12.0. The third kappa shape index (κ3) is 4.85. The minimum Gasteiger partial charge on any atom is -0.488 e. The van der Waals surface area contributed by atoms with Crippen molar-refractivity contribution in [3.05, 3.63) is 54.7 Å². The summed E-state index contributed by atoms with van der Waals surface area (Å²) in [5.74, 6) is 0.126. The van der Waals surface area contributed by atoms with E-state index in [0.29, 0.717) is 10.7 Å². The number of alkyl halides is 3. The molecule has 2 aromatic rings. The average molecular weight is 448 g/mol. The third-order valence-electron chi connectivity index (χ3n) is 3.14. The van der Waals surface area contributed by atoms with Crippen molar-refractivity contribution in [2.24, 2.45) is 7.05 Å². The largest absolute Gasteiger partial charge is 0.488 e. The Hall–Kier alpha value is -1.41. The zero-order chi connectivity index (χ0) is 19.6. The van der Waals surface area contributed by atoms with Gasteiger partial charge in [-0.25, -0.2) is 0 Å². The summed E-state index contributed by atoms with van der Waals surface area (Å²) in [6.07, 6.45) is -3.37. The van der Waals surface area contributed by atoms with E-state index in [1.165, 1.54) is 18.2 Å². The first-order valence-corrected chi connectivity index (χ1v) is 8.31. The molecule has 4 nitrogen and oxygen atoms in total. The molecular formula is C15H9Cl4F3N2O2. The van der Waals surface area contributed by atoms with Crippen LogP contribution in [0.2, 0.25) is 10.0 Å². The lowest BCUT2D eigenvalue weighted by Gasteiger charge is -2.14. The topological polar surface area (TPSA) is 44.1 Å². The maximum atomic E-state index is 12.9. The molecule has 0 saturated heterocycles. The molecule has 0 aliphatic heterocycles. The molecule has 0 bridgehead atoms. The molecule has 0 amide bonds. The minimum atomic E-state index is -4.72. The first kappa shape index (κ1) is 20.9. The van der Waals surface area contributed by atoms with E-state index in [4.69, 9.17) is 51.1 Å². The van der Waals surface area contributed by atoms with Crippen molar-refractivity contribution in [1.82, 2.24) is 9.78 Å². The number of nitrogens with zero attached hydrogens (tertiary/aromatic N) is 2. The maximum Gasteiger partial charge on any atom is 0.433 e. The number of hydrogen-bond acceptors (Lipinski definition) is 3. The van der Waals surface area contributed by atoms with Crippen molar-refractivity contribution in [2.45, 2.75) is 6.18 Å². The molecule has 140 valence electrons. The van der Waals surface area contributed by atoms with Crippen LogP contribution in [0.1, 0.15) is 5.69 Å². The Balaban J connectivity index is 2.53. The van der Waals surface area contributed by atoms with Crippen LogP contribution in [0.4, 0.5) is 13.2 Å². The summed E-state index contributed by atoms with van der Waals surface area (Å²) in [4.78, 5) is 12.1. The highest BCUT2D eigenvalue weighted by molar-refractivity contribution is 6.55. The van der Waals surface area contributed by atoms with Gasteiger partial charge < -0.3 is 4.74 Å². The molecule has 2 rings (SSSR count). The Bertz CT molecular complexity index is 922. The minimum absolute atomic E-state index is 0.0198. The molecule has 0 N–H and O–H groups in total. The number of rotatable bonds is 4. The summed E-state index contributed by atoms with van der Waals surface area (Å²) in [5.41, 5.74) is -2.34. The van der Waals surface area contributed by atoms with Gasteiger partial charge in [0.05, 0.1) is 10.0 Å². The highest BCUT2D eigenvalue weighted by Gasteiger charge is 2.34. The molecule has 1 aromatic carbocycles. The van der Waals surface area contributed by atoms with E-state index in [1.807, 2.05) is 0 Å². The Morgan fingerprint density at radius 3 is 2.46 bits per heavy atom. The molecule has 0 fully saturated rings. The second kappa shape index (κ2) is 8.08. The van der Waals surface area contributed by atoms with Gasteiger partial charge in [0.15, 0.2) is 0 Å². The Kier molecular flexibility index (Phi) is 6.50. The van der Waals surface area contributed by atoms with Crippen LogP contribution in [0.3, 0.4) is 0 Å². The zero-order valence-corrected chi connectivity index (χ0v) is 15.9. The SMILES string of the molecule is Cn1nc(-c2cc(OCC=C(Cl)Cl)c(Cl)cc2Cl)c(=O)cc1C(F)(F)F. The van der Waals surface area contributed by atoms with Crippen molar-refractivity contribution in [2.75, 3.05) is 6.61 Å². The van der Waals surface area contributed by atoms with Gasteiger partial charge in [-0.2, -0.15) is 18.3 Å². The highest BCUT2D eigenvalue weighted by atomic mass is 35.5. The van der Waals surface area contributed by atoms with Gasteiger partial charge >= 0.3 is 6.18 Å². The summed E-state index contributed by atoms with van der Waals surface area (Å²) < 4.78 is 44.5. The second-order valence-electron chi connectivity index (χ2n) is 4.93. The summed E-state index contributed by atoms with van der Waals surface area (Å²) in [6.45, 7) is -0.0262. The fourth-order valence-electron chi connectivity index (χ4n) is 2.01. The number of aryl methyl sites for hydroxylation is 1. The highest BCUT2D eigenvalue weighted by Crippen LogP contribution is 2.36. The van der Waals surface area contributed by atoms with Crippen LogP contribution in [0.5, 0.6) is 5.75 Å². The van der Waals surface area contributed by atoms with Gasteiger partial charge in [0.25, 0.3) is 0 Å². The smallest absolute Gasteiger partial charge is 0.433 e. The van der Waals surface area contributed by atoms with E-state index in [2.05, 4.69) is 5.10 Å². The van der Waals surface area contributed by atoms with Crippen LogP contribution in [-0.2, 0) is 13.2 Å². The fourth-order valence-corrected chi connectivity index (χ4v) is 2.66. The van der Waals surface area contributed by atoms with E-state index in [1.54, 1.807) is 0 Å². The molecule has 1 aromatic heterocycles. The van der Waals surface area contributed by atoms with Gasteiger partial charge in [0.1, 0.15) is 28.2 Å². The molecule has 0 atom stereocenters. The third-order valence-corrected chi connectivity index (χ3v) is 4.06. The van der Waals surface area contributed by atoms with E-state index >= 15 is 0 Å². The predicted octanol–water partition coefficient (Wildman–Crippen LogP) is 5.47. The van der Waals surface area contributed by atoms with Gasteiger partial charge in [0, 0.05) is 18.7 Å². The van der Waals surface area contributed by atoms with Gasteiger partial charge in [0.2, 0.25) is 5.43 Å². The van der Waals surface area contributed by atoms with E-state index < -0.39 is 17.3 Å². The summed E-state index contributed by atoms with van der Waals surface area (Å²) in [6, 6.07) is 3.04. The zero-order valence-electron chi connectivity index (χ0n) is 12.9. The van der Waals surface area contributed by atoms with E-state index in [0.717, 1.165) is 7.05 Å². The molecule has 0 radical (unpaired) electrons. The van der Waals surface area contributed by atoms with Crippen molar-refractivity contribution < 1.29 is 17.9 Å². The van der Waals surface area contributed by atoms with Gasteiger partial charge in [-0.1, -0.05) is 46.4 Å². The van der Waals surface area contributed by atoms with Crippen LogP contribution < -0.4 is 10.2 Å². The first-order valence-electron chi connectivity index (χ1n) is 6.79. The van der Waals surface area contributed by atoms with Crippen LogP contribution in [-0.4, -0.2) is 16.4 Å². The quantitative estimate of drug-likeness (QED) is 0.624. The van der Waals surface area contributed by atoms with Crippen LogP contribution >= 0.6 is 46.4 Å². The lowest BCUT2D eigenvalue weighted by Crippen LogP contribution is -2.22. The predicted molar refractivity (Wildman–Crippen MR) is 95.2 cm³/mol. The molecule has 26 heavy (non-hydrogen) atoms. The monoisotopic (exact) mass is 446 g/mol. The summed E-state index contributed by atoms with van der Waals surface area (Å²) in [7, 11) is 1.07. The number of halogens is 7. The molecule has 0 aliphatic carbocycles. The van der Waals surface area contributed by atoms with Crippen molar-refractivity contribution in [1.29, 1.82) is 0 Å². The standard InChI is InChI=1S/C15H9Cl4F3N2O2/c1-24-12(15(20,21)22)6-10(25)14(23-24)7-4-11(9(17)5-8(7)16)26-3-2-13(18)19/h2,4-6H,3H2,1H3. The van der Waals surface area contributed by atoms with E-state index in [-0.39, 0.29) is 38.2 Å². The van der Waals surface area contributed by atoms with Crippen LogP contribution in [0.15, 0.2) is 33.6 Å². The number of ether oxygens (including phenoxy) is 1. The maximum absolute atomic E-state index is 12.9. The number of benzene rings is 1. The van der Waals surface area contributed by atoms with Crippen molar-refractivity contribution >= 4 is 46.4 Å². The van der Waals surface area contributed by atoms with Gasteiger partial charge in [-0.05, 0) is 18.2 Å². The number of hydrogen-bond donors (Lipinski definition) is 0. The lowest BCUT2D eigenvalue weighted by molar-refractivity contribution is -0.144. The molecular weight excluding hydrogens is 439 g/mol. The van der Waals surface area contributed by atoms with Crippen molar-refractivity contribution in [3.63, 3.8) is 0 Å². The normalized spacial score (nSPS) is 11.4. The molecule has 1 heterocycles. The number of aromatic nitrogens is 2. The summed E-state index contributed by atoms with van der Waals surface area (Å²) >= 11 is 23.0. The summed E-state index contributed by atoms with van der Waals surface area (Å²) in [5, 5.41) is 3.85. The van der Waals surface area contributed by atoms with Crippen molar-refractivity contribution in [3.8, 4) is 17.0 Å². The molecule has 11 heteroatoms.